The number of carbonyl (C=O) groups is 1. The molecule has 0 atom stereocenters. The molecule has 14 heavy (non-hydrogen) atoms. The average molecular weight is 197 g/mol. The smallest absolute Gasteiger partial charge is 0.342 e. The van der Waals surface area contributed by atoms with Crippen LogP contribution in [0.1, 0.15) is 16.2 Å². The third kappa shape index (κ3) is 1.80. The van der Waals surface area contributed by atoms with Gasteiger partial charge in [-0.15, -0.1) is 0 Å². The standard InChI is InChI=1S/C8H11N3O3/c1-11-6(2-3-9)10-4-5(7(11)12)8(13)14/h4H,2-3,9H2,1H3,(H,13,14). The van der Waals surface area contributed by atoms with E-state index in [2.05, 4.69) is 4.98 Å². The largest absolute Gasteiger partial charge is 0.477 e. The summed E-state index contributed by atoms with van der Waals surface area (Å²) in [6, 6.07) is 0. The van der Waals surface area contributed by atoms with Gasteiger partial charge in [-0.2, -0.15) is 0 Å². The van der Waals surface area contributed by atoms with E-state index in [1.165, 1.54) is 11.6 Å². The molecule has 0 spiro atoms. The molecular formula is C8H11N3O3. The lowest BCUT2D eigenvalue weighted by atomic mass is 10.3. The molecule has 0 fully saturated rings. The molecular weight excluding hydrogens is 186 g/mol. The highest BCUT2D eigenvalue weighted by Crippen LogP contribution is 1.93. The summed E-state index contributed by atoms with van der Waals surface area (Å²) in [5, 5.41) is 8.63. The normalized spacial score (nSPS) is 10.1. The van der Waals surface area contributed by atoms with Crippen LogP contribution < -0.4 is 11.3 Å². The van der Waals surface area contributed by atoms with Crippen molar-refractivity contribution in [2.24, 2.45) is 12.8 Å². The summed E-state index contributed by atoms with van der Waals surface area (Å²) in [5.74, 6) is -0.778. The zero-order valence-electron chi connectivity index (χ0n) is 7.73. The summed E-state index contributed by atoms with van der Waals surface area (Å²) in [6.45, 7) is 0.368. The predicted molar refractivity (Wildman–Crippen MR) is 49.2 cm³/mol. The quantitative estimate of drug-likeness (QED) is 0.646. The highest BCUT2D eigenvalue weighted by Gasteiger charge is 2.12. The van der Waals surface area contributed by atoms with Crippen molar-refractivity contribution >= 4 is 5.97 Å². The molecule has 1 heterocycles. The number of nitrogens with two attached hydrogens (primary N) is 1. The number of aromatic nitrogens is 2. The number of rotatable bonds is 3. The highest BCUT2D eigenvalue weighted by molar-refractivity contribution is 5.86. The van der Waals surface area contributed by atoms with Gasteiger partial charge in [-0.05, 0) is 6.54 Å². The van der Waals surface area contributed by atoms with E-state index in [1.807, 2.05) is 0 Å². The number of carboxylic acid groups (broad SMARTS) is 1. The van der Waals surface area contributed by atoms with E-state index in [-0.39, 0.29) is 5.56 Å². The van der Waals surface area contributed by atoms with Crippen molar-refractivity contribution in [2.45, 2.75) is 6.42 Å². The van der Waals surface area contributed by atoms with Crippen molar-refractivity contribution in [3.05, 3.63) is 27.9 Å². The van der Waals surface area contributed by atoms with E-state index < -0.39 is 11.5 Å². The van der Waals surface area contributed by atoms with E-state index in [9.17, 15) is 9.59 Å². The number of nitrogens with zero attached hydrogens (tertiary/aromatic N) is 2. The van der Waals surface area contributed by atoms with Crippen LogP contribution in [-0.4, -0.2) is 27.2 Å². The van der Waals surface area contributed by atoms with Gasteiger partial charge >= 0.3 is 5.97 Å². The van der Waals surface area contributed by atoms with E-state index in [4.69, 9.17) is 10.8 Å². The summed E-state index contributed by atoms with van der Waals surface area (Å²) in [4.78, 5) is 25.8. The summed E-state index contributed by atoms with van der Waals surface area (Å²) >= 11 is 0. The Hall–Kier alpha value is -1.69. The van der Waals surface area contributed by atoms with E-state index in [0.717, 1.165) is 6.20 Å². The van der Waals surface area contributed by atoms with Crippen molar-refractivity contribution in [1.82, 2.24) is 9.55 Å². The van der Waals surface area contributed by atoms with Crippen LogP contribution in [0.15, 0.2) is 11.0 Å². The van der Waals surface area contributed by atoms with Crippen LogP contribution in [0.5, 0.6) is 0 Å². The lowest BCUT2D eigenvalue weighted by molar-refractivity contribution is 0.0693. The molecule has 0 aliphatic heterocycles. The molecule has 0 radical (unpaired) electrons. The molecule has 0 unspecified atom stereocenters. The summed E-state index contributed by atoms with van der Waals surface area (Å²) in [5.41, 5.74) is 4.42. The fraction of sp³-hybridized carbons (Fsp3) is 0.375. The third-order valence-electron chi connectivity index (χ3n) is 1.86. The lowest BCUT2D eigenvalue weighted by Gasteiger charge is -2.05. The maximum Gasteiger partial charge on any atom is 0.342 e. The Bertz CT molecular complexity index is 411. The van der Waals surface area contributed by atoms with Crippen molar-refractivity contribution in [1.29, 1.82) is 0 Å². The van der Waals surface area contributed by atoms with Crippen LogP contribution >= 0.6 is 0 Å². The second-order valence-electron chi connectivity index (χ2n) is 2.80. The van der Waals surface area contributed by atoms with Crippen molar-refractivity contribution in [3.63, 3.8) is 0 Å². The van der Waals surface area contributed by atoms with Crippen LogP contribution in [-0.2, 0) is 13.5 Å². The van der Waals surface area contributed by atoms with Gasteiger partial charge in [0.05, 0.1) is 0 Å². The Morgan fingerprint density at radius 2 is 2.36 bits per heavy atom. The molecule has 0 bridgehead atoms. The maximum absolute atomic E-state index is 11.4. The fourth-order valence-corrected chi connectivity index (χ4v) is 1.09. The van der Waals surface area contributed by atoms with Crippen molar-refractivity contribution in [2.75, 3.05) is 6.54 Å². The minimum atomic E-state index is -1.27. The molecule has 0 aromatic carbocycles. The number of hydrogen-bond acceptors (Lipinski definition) is 4. The minimum absolute atomic E-state index is 0.326. The monoisotopic (exact) mass is 197 g/mol. The molecule has 1 aromatic heterocycles. The van der Waals surface area contributed by atoms with Gasteiger partial charge in [0.1, 0.15) is 11.4 Å². The van der Waals surface area contributed by atoms with Gasteiger partial charge in [0.25, 0.3) is 5.56 Å². The number of aromatic carboxylic acids is 1. The first-order valence-corrected chi connectivity index (χ1v) is 4.06. The Balaban J connectivity index is 3.26. The van der Waals surface area contributed by atoms with Gasteiger partial charge in [0.2, 0.25) is 0 Å². The van der Waals surface area contributed by atoms with Crippen molar-refractivity contribution < 1.29 is 9.90 Å². The maximum atomic E-state index is 11.4. The lowest BCUT2D eigenvalue weighted by Crippen LogP contribution is -2.28. The summed E-state index contributed by atoms with van der Waals surface area (Å²) < 4.78 is 1.20. The Kier molecular flexibility index (Phi) is 2.98. The first-order valence-electron chi connectivity index (χ1n) is 4.06. The second kappa shape index (κ2) is 4.01. The molecule has 0 aliphatic rings. The second-order valence-corrected chi connectivity index (χ2v) is 2.80. The molecule has 6 nitrogen and oxygen atoms in total. The van der Waals surface area contributed by atoms with Crippen LogP contribution in [0, 0.1) is 0 Å². The first-order chi connectivity index (χ1) is 6.57. The van der Waals surface area contributed by atoms with Crippen LogP contribution in [0.2, 0.25) is 0 Å². The molecule has 0 saturated heterocycles. The molecule has 0 saturated carbocycles. The van der Waals surface area contributed by atoms with Gasteiger partial charge in [-0.25, -0.2) is 9.78 Å². The zero-order chi connectivity index (χ0) is 10.7. The minimum Gasteiger partial charge on any atom is -0.477 e. The van der Waals surface area contributed by atoms with Crippen LogP contribution in [0.3, 0.4) is 0 Å². The molecule has 76 valence electrons. The zero-order valence-corrected chi connectivity index (χ0v) is 7.73. The van der Waals surface area contributed by atoms with Crippen molar-refractivity contribution in [3.8, 4) is 0 Å². The topological polar surface area (TPSA) is 98.2 Å². The highest BCUT2D eigenvalue weighted by atomic mass is 16.4. The van der Waals surface area contributed by atoms with Gasteiger partial charge in [-0.1, -0.05) is 0 Å². The van der Waals surface area contributed by atoms with Gasteiger partial charge in [-0.3, -0.25) is 9.36 Å². The predicted octanol–water partition coefficient (Wildman–Crippen LogP) is -1.02. The van der Waals surface area contributed by atoms with E-state index in [0.29, 0.717) is 18.8 Å². The molecule has 1 rings (SSSR count). The first kappa shape index (κ1) is 10.4. The summed E-state index contributed by atoms with van der Waals surface area (Å²) in [7, 11) is 1.48. The number of hydrogen-bond donors (Lipinski definition) is 2. The number of carboxylic acids is 1. The Morgan fingerprint density at radius 3 is 2.86 bits per heavy atom. The molecule has 1 aromatic rings. The Morgan fingerprint density at radius 1 is 1.71 bits per heavy atom. The molecule has 0 amide bonds. The Labute approximate surface area is 80.0 Å². The molecule has 6 heteroatoms. The molecule has 3 N–H and O–H groups in total. The van der Waals surface area contributed by atoms with Gasteiger partial charge < -0.3 is 10.8 Å². The van der Waals surface area contributed by atoms with Gasteiger partial charge in [0, 0.05) is 19.7 Å². The third-order valence-corrected chi connectivity index (χ3v) is 1.86. The van der Waals surface area contributed by atoms with E-state index >= 15 is 0 Å². The SMILES string of the molecule is Cn1c(CCN)ncc(C(=O)O)c1=O. The van der Waals surface area contributed by atoms with Crippen LogP contribution in [0.25, 0.3) is 0 Å². The van der Waals surface area contributed by atoms with E-state index in [1.54, 1.807) is 0 Å². The van der Waals surface area contributed by atoms with Gasteiger partial charge in [0.15, 0.2) is 0 Å². The molecule has 0 aliphatic carbocycles. The average Bonchev–Trinajstić information content (AvgIpc) is 2.13. The summed E-state index contributed by atoms with van der Waals surface area (Å²) in [6.07, 6.45) is 1.52. The van der Waals surface area contributed by atoms with Crippen LogP contribution in [0.4, 0.5) is 0 Å². The fourth-order valence-electron chi connectivity index (χ4n) is 1.09.